The van der Waals surface area contributed by atoms with Crippen LogP contribution in [-0.4, -0.2) is 12.6 Å². The highest BCUT2D eigenvalue weighted by Gasteiger charge is 2.10. The summed E-state index contributed by atoms with van der Waals surface area (Å²) in [4.78, 5) is 22.3. The molecule has 0 spiro atoms. The Morgan fingerprint density at radius 2 is 1.37 bits per heavy atom. The minimum Gasteiger partial charge on any atom is -0.453 e. The van der Waals surface area contributed by atoms with Crippen molar-refractivity contribution < 1.29 is 14.3 Å². The first-order valence-electron chi connectivity index (χ1n) is 5.78. The van der Waals surface area contributed by atoms with E-state index in [1.807, 2.05) is 12.1 Å². The molecule has 3 heteroatoms. The molecule has 0 aliphatic carbocycles. The number of hydrogen-bond donors (Lipinski definition) is 0. The summed E-state index contributed by atoms with van der Waals surface area (Å²) < 4.78 is 5.45. The minimum atomic E-state index is 0.00685. The van der Waals surface area contributed by atoms with Crippen molar-refractivity contribution >= 4 is 18.1 Å². The number of para-hydroxylation sites is 1. The van der Waals surface area contributed by atoms with Gasteiger partial charge < -0.3 is 4.74 Å². The molecule has 0 radical (unpaired) electrons. The molecule has 2 aromatic rings. The number of benzene rings is 2. The van der Waals surface area contributed by atoms with Gasteiger partial charge in [-0.15, -0.1) is 0 Å². The second-order valence-electron chi connectivity index (χ2n) is 3.79. The number of carbonyl (C=O) groups excluding carboxylic acids is 2. The van der Waals surface area contributed by atoms with Gasteiger partial charge in [0.05, 0.1) is 5.57 Å². The molecule has 0 aliphatic heterocycles. The molecule has 19 heavy (non-hydrogen) atoms. The molecule has 0 N–H and O–H groups in total. The van der Waals surface area contributed by atoms with Crippen LogP contribution in [0.15, 0.2) is 66.4 Å². The van der Waals surface area contributed by atoms with Crippen molar-refractivity contribution in [1.82, 2.24) is 0 Å². The smallest absolute Gasteiger partial charge is 0.186 e. The van der Waals surface area contributed by atoms with Crippen molar-refractivity contribution in [1.29, 1.82) is 0 Å². The number of carbonyl (C=O) groups is 2. The molecule has 0 heterocycles. The standard InChI is InChI=1S/C16H12O3/c17-11-15(13-7-3-1-4-8-13)16(12-18)19-14-9-5-2-6-10-14/h1-12H/b16-15-. The fourth-order valence-corrected chi connectivity index (χ4v) is 1.64. The minimum absolute atomic E-state index is 0.00685. The maximum Gasteiger partial charge on any atom is 0.186 e. The summed E-state index contributed by atoms with van der Waals surface area (Å²) in [6.07, 6.45) is 1.17. The zero-order valence-electron chi connectivity index (χ0n) is 10.2. The molecule has 2 aromatic carbocycles. The Balaban J connectivity index is 2.39. The van der Waals surface area contributed by atoms with E-state index in [-0.39, 0.29) is 11.3 Å². The van der Waals surface area contributed by atoms with Gasteiger partial charge in [0, 0.05) is 0 Å². The normalized spacial score (nSPS) is 11.4. The molecule has 0 aromatic heterocycles. The van der Waals surface area contributed by atoms with E-state index in [0.717, 1.165) is 0 Å². The van der Waals surface area contributed by atoms with Crippen LogP contribution < -0.4 is 4.74 Å². The zero-order valence-corrected chi connectivity index (χ0v) is 10.2. The maximum absolute atomic E-state index is 11.2. The summed E-state index contributed by atoms with van der Waals surface area (Å²) in [7, 11) is 0. The first kappa shape index (κ1) is 12.8. The van der Waals surface area contributed by atoms with E-state index >= 15 is 0 Å². The van der Waals surface area contributed by atoms with Crippen LogP contribution in [0.3, 0.4) is 0 Å². The largest absolute Gasteiger partial charge is 0.453 e. The molecule has 94 valence electrons. The second-order valence-corrected chi connectivity index (χ2v) is 3.79. The monoisotopic (exact) mass is 252 g/mol. The second kappa shape index (κ2) is 6.31. The van der Waals surface area contributed by atoms with Crippen molar-refractivity contribution in [2.75, 3.05) is 0 Å². The van der Waals surface area contributed by atoms with Gasteiger partial charge in [0.15, 0.2) is 18.3 Å². The SMILES string of the molecule is O=C/C(Oc1ccccc1)=C(\C=O)c1ccccc1. The Morgan fingerprint density at radius 3 is 1.89 bits per heavy atom. The summed E-state index contributed by atoms with van der Waals surface area (Å²) in [5.74, 6) is 0.521. The molecule has 0 saturated heterocycles. The molecule has 0 atom stereocenters. The van der Waals surface area contributed by atoms with Gasteiger partial charge in [-0.05, 0) is 17.7 Å². The number of rotatable bonds is 5. The van der Waals surface area contributed by atoms with Crippen molar-refractivity contribution in [2.24, 2.45) is 0 Å². The molecule has 0 amide bonds. The van der Waals surface area contributed by atoms with Gasteiger partial charge in [-0.25, -0.2) is 0 Å². The number of ether oxygens (including phenoxy) is 1. The highest BCUT2D eigenvalue weighted by molar-refractivity contribution is 6.12. The van der Waals surface area contributed by atoms with Crippen LogP contribution >= 0.6 is 0 Å². The van der Waals surface area contributed by atoms with E-state index in [1.54, 1.807) is 48.5 Å². The third-order valence-electron chi connectivity index (χ3n) is 2.55. The Hall–Kier alpha value is -2.68. The Kier molecular flexibility index (Phi) is 4.24. The number of allylic oxidation sites excluding steroid dienone is 2. The summed E-state index contributed by atoms with van der Waals surface area (Å²) in [6, 6.07) is 17.8. The van der Waals surface area contributed by atoms with Crippen molar-refractivity contribution in [3.8, 4) is 5.75 Å². The summed E-state index contributed by atoms with van der Waals surface area (Å²) in [5.41, 5.74) is 0.884. The first-order valence-corrected chi connectivity index (χ1v) is 5.78. The quantitative estimate of drug-likeness (QED) is 0.467. The molecule has 0 fully saturated rings. The summed E-state index contributed by atoms with van der Waals surface area (Å²) in [5, 5.41) is 0. The lowest BCUT2D eigenvalue weighted by molar-refractivity contribution is -0.107. The van der Waals surface area contributed by atoms with Crippen molar-refractivity contribution in [3.05, 3.63) is 72.0 Å². The van der Waals surface area contributed by atoms with Gasteiger partial charge in [-0.3, -0.25) is 9.59 Å². The van der Waals surface area contributed by atoms with E-state index < -0.39 is 0 Å². The van der Waals surface area contributed by atoms with Crippen molar-refractivity contribution in [3.63, 3.8) is 0 Å². The Morgan fingerprint density at radius 1 is 0.789 bits per heavy atom. The molecule has 0 bridgehead atoms. The van der Waals surface area contributed by atoms with Crippen LogP contribution in [0.4, 0.5) is 0 Å². The Bertz CT molecular complexity index is 586. The third kappa shape index (κ3) is 3.16. The summed E-state index contributed by atoms with van der Waals surface area (Å²) >= 11 is 0. The average molecular weight is 252 g/mol. The highest BCUT2D eigenvalue weighted by Crippen LogP contribution is 2.19. The summed E-state index contributed by atoms with van der Waals surface area (Å²) in [6.45, 7) is 0. The van der Waals surface area contributed by atoms with Gasteiger partial charge in [0.1, 0.15) is 5.75 Å². The third-order valence-corrected chi connectivity index (χ3v) is 2.55. The molecule has 3 nitrogen and oxygen atoms in total. The fraction of sp³-hybridized carbons (Fsp3) is 0. The van der Waals surface area contributed by atoms with Crippen LogP contribution in [0.1, 0.15) is 5.56 Å². The fourth-order valence-electron chi connectivity index (χ4n) is 1.64. The van der Waals surface area contributed by atoms with E-state index in [9.17, 15) is 9.59 Å². The van der Waals surface area contributed by atoms with Gasteiger partial charge in [0.25, 0.3) is 0 Å². The van der Waals surface area contributed by atoms with Gasteiger partial charge in [-0.2, -0.15) is 0 Å². The molecule has 2 rings (SSSR count). The predicted molar refractivity (Wildman–Crippen MR) is 72.6 cm³/mol. The van der Waals surface area contributed by atoms with E-state index in [1.165, 1.54) is 0 Å². The average Bonchev–Trinajstić information content (AvgIpc) is 2.49. The van der Waals surface area contributed by atoms with Crippen LogP contribution in [-0.2, 0) is 9.59 Å². The highest BCUT2D eigenvalue weighted by atomic mass is 16.5. The molecular weight excluding hydrogens is 240 g/mol. The lowest BCUT2D eigenvalue weighted by atomic mass is 10.1. The number of aldehydes is 2. The molecular formula is C16H12O3. The van der Waals surface area contributed by atoms with Crippen molar-refractivity contribution in [2.45, 2.75) is 0 Å². The number of hydrogen-bond acceptors (Lipinski definition) is 3. The lowest BCUT2D eigenvalue weighted by Gasteiger charge is -2.08. The molecule has 0 aliphatic rings. The predicted octanol–water partition coefficient (Wildman–Crippen LogP) is 2.87. The van der Waals surface area contributed by atoms with E-state index in [4.69, 9.17) is 4.74 Å². The van der Waals surface area contributed by atoms with Crippen LogP contribution in [0.2, 0.25) is 0 Å². The maximum atomic E-state index is 11.2. The zero-order chi connectivity index (χ0) is 13.5. The van der Waals surface area contributed by atoms with Crippen LogP contribution in [0.5, 0.6) is 5.75 Å². The Labute approximate surface area is 111 Å². The van der Waals surface area contributed by atoms with Gasteiger partial charge in [-0.1, -0.05) is 48.5 Å². The molecule has 0 unspecified atom stereocenters. The van der Waals surface area contributed by atoms with E-state index in [0.29, 0.717) is 23.9 Å². The topological polar surface area (TPSA) is 43.4 Å². The van der Waals surface area contributed by atoms with Crippen LogP contribution in [0, 0.1) is 0 Å². The van der Waals surface area contributed by atoms with E-state index in [2.05, 4.69) is 0 Å². The first-order chi connectivity index (χ1) is 9.35. The van der Waals surface area contributed by atoms with Gasteiger partial charge >= 0.3 is 0 Å². The lowest BCUT2D eigenvalue weighted by Crippen LogP contribution is -2.02. The van der Waals surface area contributed by atoms with Gasteiger partial charge in [0.2, 0.25) is 0 Å². The molecule has 0 saturated carbocycles. The van der Waals surface area contributed by atoms with Crippen LogP contribution in [0.25, 0.3) is 5.57 Å².